The van der Waals surface area contributed by atoms with E-state index in [0.29, 0.717) is 12.0 Å². The molecule has 0 aliphatic carbocycles. The van der Waals surface area contributed by atoms with Gasteiger partial charge in [-0.25, -0.2) is 0 Å². The van der Waals surface area contributed by atoms with Crippen LogP contribution in [0.4, 0.5) is 0 Å². The van der Waals surface area contributed by atoms with Gasteiger partial charge in [-0.2, -0.15) is 5.10 Å². The van der Waals surface area contributed by atoms with Crippen molar-refractivity contribution in [3.63, 3.8) is 0 Å². The fourth-order valence-corrected chi connectivity index (χ4v) is 3.16. The summed E-state index contributed by atoms with van der Waals surface area (Å²) in [6, 6.07) is 13.5. The molecule has 0 radical (unpaired) electrons. The van der Waals surface area contributed by atoms with Gasteiger partial charge in [0, 0.05) is 24.7 Å². The highest BCUT2D eigenvalue weighted by atomic mass is 15.3. The average molecular weight is 285 g/mol. The molecule has 0 spiro atoms. The minimum atomic E-state index is 0.429. The van der Waals surface area contributed by atoms with Crippen LogP contribution in [0.15, 0.2) is 36.4 Å². The molecule has 2 unspecified atom stereocenters. The van der Waals surface area contributed by atoms with E-state index in [1.54, 1.807) is 0 Å². The topological polar surface area (TPSA) is 29.9 Å². The first-order valence-electron chi connectivity index (χ1n) is 7.95. The fourth-order valence-electron chi connectivity index (χ4n) is 3.16. The second-order valence-corrected chi connectivity index (χ2v) is 5.62. The first-order chi connectivity index (χ1) is 10.2. The lowest BCUT2D eigenvalue weighted by Gasteiger charge is -2.26. The van der Waals surface area contributed by atoms with Gasteiger partial charge in [0.05, 0.1) is 5.69 Å². The molecule has 21 heavy (non-hydrogen) atoms. The van der Waals surface area contributed by atoms with Crippen LogP contribution in [0.1, 0.15) is 43.1 Å². The summed E-state index contributed by atoms with van der Waals surface area (Å²) in [6.45, 7) is 7.42. The third kappa shape index (κ3) is 3.73. The van der Waals surface area contributed by atoms with Gasteiger partial charge < -0.3 is 5.32 Å². The average Bonchev–Trinajstić information content (AvgIpc) is 2.87. The zero-order valence-electron chi connectivity index (χ0n) is 13.6. The van der Waals surface area contributed by atoms with Gasteiger partial charge in [-0.05, 0) is 44.9 Å². The van der Waals surface area contributed by atoms with Crippen LogP contribution in [0.25, 0.3) is 0 Å². The summed E-state index contributed by atoms with van der Waals surface area (Å²) >= 11 is 0. The molecule has 2 rings (SSSR count). The molecule has 3 heteroatoms. The van der Waals surface area contributed by atoms with E-state index in [1.165, 1.54) is 11.3 Å². The van der Waals surface area contributed by atoms with Crippen LogP contribution >= 0.6 is 0 Å². The van der Waals surface area contributed by atoms with Crippen molar-refractivity contribution in [2.75, 3.05) is 7.05 Å². The Balaban J connectivity index is 2.21. The van der Waals surface area contributed by atoms with Crippen molar-refractivity contribution in [2.24, 2.45) is 0 Å². The summed E-state index contributed by atoms with van der Waals surface area (Å²) in [6.07, 6.45) is 2.15. The lowest BCUT2D eigenvalue weighted by molar-refractivity contribution is 0.434. The first kappa shape index (κ1) is 15.8. The smallest absolute Gasteiger partial charge is 0.0596 e. The molecule has 0 saturated heterocycles. The van der Waals surface area contributed by atoms with Gasteiger partial charge >= 0.3 is 0 Å². The summed E-state index contributed by atoms with van der Waals surface area (Å²) in [5, 5.41) is 8.08. The number of hydrogen-bond donors (Lipinski definition) is 1. The van der Waals surface area contributed by atoms with Crippen molar-refractivity contribution in [2.45, 2.75) is 52.1 Å². The lowest BCUT2D eigenvalue weighted by atomic mass is 9.86. The van der Waals surface area contributed by atoms with Gasteiger partial charge in [0.25, 0.3) is 0 Å². The monoisotopic (exact) mass is 285 g/mol. The molecule has 2 atom stereocenters. The summed E-state index contributed by atoms with van der Waals surface area (Å²) in [5.41, 5.74) is 3.84. The van der Waals surface area contributed by atoms with E-state index >= 15 is 0 Å². The number of rotatable bonds is 7. The SMILES string of the molecule is CCC(c1ccccc1)C(Cc1cc(C)nn1CC)NC. The molecule has 1 N–H and O–H groups in total. The summed E-state index contributed by atoms with van der Waals surface area (Å²) in [4.78, 5) is 0. The van der Waals surface area contributed by atoms with E-state index in [9.17, 15) is 0 Å². The molecule has 0 bridgehead atoms. The molecule has 0 fully saturated rings. The normalized spacial score (nSPS) is 14.1. The lowest BCUT2D eigenvalue weighted by Crippen LogP contribution is -2.34. The largest absolute Gasteiger partial charge is 0.316 e. The predicted octanol–water partition coefficient (Wildman–Crippen LogP) is 3.54. The van der Waals surface area contributed by atoms with Crippen molar-refractivity contribution in [3.05, 3.63) is 53.3 Å². The molecule has 0 saturated carbocycles. The molecule has 0 amide bonds. The predicted molar refractivity (Wildman–Crippen MR) is 88.7 cm³/mol. The number of nitrogens with zero attached hydrogens (tertiary/aromatic N) is 2. The molecule has 3 nitrogen and oxygen atoms in total. The Labute approximate surface area is 128 Å². The zero-order chi connectivity index (χ0) is 15.2. The molecular formula is C18H27N3. The number of benzene rings is 1. The third-order valence-corrected chi connectivity index (χ3v) is 4.24. The van der Waals surface area contributed by atoms with Crippen molar-refractivity contribution in [1.29, 1.82) is 0 Å². The van der Waals surface area contributed by atoms with Crippen LogP contribution in [-0.4, -0.2) is 22.9 Å². The molecule has 1 aromatic heterocycles. The number of nitrogens with one attached hydrogen (secondary N) is 1. The first-order valence-corrected chi connectivity index (χ1v) is 7.95. The Bertz CT molecular complexity index is 545. The Morgan fingerprint density at radius 1 is 1.19 bits per heavy atom. The van der Waals surface area contributed by atoms with E-state index in [0.717, 1.165) is 25.1 Å². The van der Waals surface area contributed by atoms with Gasteiger partial charge in [0.1, 0.15) is 0 Å². The molecular weight excluding hydrogens is 258 g/mol. The number of aryl methyl sites for hydroxylation is 2. The summed E-state index contributed by atoms with van der Waals surface area (Å²) in [7, 11) is 2.07. The van der Waals surface area contributed by atoms with Crippen molar-refractivity contribution in [3.8, 4) is 0 Å². The van der Waals surface area contributed by atoms with E-state index in [2.05, 4.69) is 79.3 Å². The maximum absolute atomic E-state index is 4.56. The van der Waals surface area contributed by atoms with Gasteiger partial charge in [-0.15, -0.1) is 0 Å². The minimum Gasteiger partial charge on any atom is -0.316 e. The van der Waals surface area contributed by atoms with E-state index in [4.69, 9.17) is 0 Å². The van der Waals surface area contributed by atoms with Crippen molar-refractivity contribution < 1.29 is 0 Å². The quantitative estimate of drug-likeness (QED) is 0.843. The van der Waals surface area contributed by atoms with Gasteiger partial charge in [-0.3, -0.25) is 4.68 Å². The van der Waals surface area contributed by atoms with Gasteiger partial charge in [-0.1, -0.05) is 37.3 Å². The number of likely N-dealkylation sites (N-methyl/N-ethyl adjacent to an activating group) is 1. The zero-order valence-corrected chi connectivity index (χ0v) is 13.6. The van der Waals surface area contributed by atoms with E-state index < -0.39 is 0 Å². The minimum absolute atomic E-state index is 0.429. The molecule has 1 aromatic carbocycles. The Kier molecular flexibility index (Phi) is 5.57. The fraction of sp³-hybridized carbons (Fsp3) is 0.500. The summed E-state index contributed by atoms with van der Waals surface area (Å²) in [5.74, 6) is 0.525. The second-order valence-electron chi connectivity index (χ2n) is 5.62. The molecule has 0 aliphatic rings. The van der Waals surface area contributed by atoms with Crippen molar-refractivity contribution >= 4 is 0 Å². The highest BCUT2D eigenvalue weighted by molar-refractivity contribution is 5.22. The third-order valence-electron chi connectivity index (χ3n) is 4.24. The van der Waals surface area contributed by atoms with Crippen LogP contribution in [0.3, 0.4) is 0 Å². The number of aromatic nitrogens is 2. The van der Waals surface area contributed by atoms with E-state index in [1.807, 2.05) is 0 Å². The molecule has 1 heterocycles. The van der Waals surface area contributed by atoms with Gasteiger partial charge in [0.15, 0.2) is 0 Å². The van der Waals surface area contributed by atoms with Crippen LogP contribution in [0.2, 0.25) is 0 Å². The second kappa shape index (κ2) is 7.41. The highest BCUT2D eigenvalue weighted by Crippen LogP contribution is 2.25. The van der Waals surface area contributed by atoms with E-state index in [-0.39, 0.29) is 0 Å². The van der Waals surface area contributed by atoms with Crippen LogP contribution in [0, 0.1) is 6.92 Å². The standard InChI is InChI=1S/C18H27N3/c1-5-17(15-10-8-7-9-11-15)18(19-4)13-16-12-14(3)20-21(16)6-2/h7-12,17-19H,5-6,13H2,1-4H3. The van der Waals surface area contributed by atoms with Crippen LogP contribution in [-0.2, 0) is 13.0 Å². The Morgan fingerprint density at radius 3 is 2.48 bits per heavy atom. The molecule has 114 valence electrons. The van der Waals surface area contributed by atoms with Crippen LogP contribution in [0.5, 0.6) is 0 Å². The maximum Gasteiger partial charge on any atom is 0.0596 e. The van der Waals surface area contributed by atoms with Crippen LogP contribution < -0.4 is 5.32 Å². The molecule has 2 aromatic rings. The number of hydrogen-bond acceptors (Lipinski definition) is 2. The highest BCUT2D eigenvalue weighted by Gasteiger charge is 2.22. The van der Waals surface area contributed by atoms with Gasteiger partial charge in [0.2, 0.25) is 0 Å². The Hall–Kier alpha value is -1.61. The molecule has 0 aliphatic heterocycles. The maximum atomic E-state index is 4.56. The summed E-state index contributed by atoms with van der Waals surface area (Å²) < 4.78 is 2.12. The van der Waals surface area contributed by atoms with Crippen molar-refractivity contribution in [1.82, 2.24) is 15.1 Å². The Morgan fingerprint density at radius 2 is 1.90 bits per heavy atom.